The van der Waals surface area contributed by atoms with Crippen molar-refractivity contribution in [3.63, 3.8) is 0 Å². The van der Waals surface area contributed by atoms with Crippen LogP contribution in [0.3, 0.4) is 0 Å². The second kappa shape index (κ2) is 11.7. The minimum Gasteiger partial charge on any atom is -0.486 e. The molecule has 1 N–H and O–H groups in total. The average Bonchev–Trinajstić information content (AvgIpc) is 2.94. The molecule has 3 aromatic carbocycles. The van der Waals surface area contributed by atoms with Crippen LogP contribution in [0.5, 0.6) is 11.5 Å². The van der Waals surface area contributed by atoms with E-state index in [0.717, 1.165) is 9.87 Å². The highest BCUT2D eigenvalue weighted by Crippen LogP contribution is 2.36. The number of hydrogen-bond donors (Lipinski definition) is 1. The van der Waals surface area contributed by atoms with Gasteiger partial charge in [-0.3, -0.25) is 13.9 Å². The number of fused-ring (bicyclic) bond motifs is 1. The summed E-state index contributed by atoms with van der Waals surface area (Å²) in [6.07, 6.45) is 0. The maximum atomic E-state index is 13.8. The van der Waals surface area contributed by atoms with Gasteiger partial charge in [-0.1, -0.05) is 41.9 Å². The van der Waals surface area contributed by atoms with Gasteiger partial charge in [0.25, 0.3) is 10.0 Å². The number of sulfonamides is 1. The van der Waals surface area contributed by atoms with Gasteiger partial charge < -0.3 is 19.7 Å². The molecule has 1 aliphatic heterocycles. The Hall–Kier alpha value is -3.76. The minimum absolute atomic E-state index is 0.0197. The summed E-state index contributed by atoms with van der Waals surface area (Å²) < 4.78 is 39.9. The molecule has 200 valence electrons. The van der Waals surface area contributed by atoms with Gasteiger partial charge in [0.1, 0.15) is 25.8 Å². The highest BCUT2D eigenvalue weighted by atomic mass is 35.5. The Bertz CT molecular complexity index is 1400. The van der Waals surface area contributed by atoms with Gasteiger partial charge in [0, 0.05) is 24.7 Å². The van der Waals surface area contributed by atoms with Gasteiger partial charge >= 0.3 is 0 Å². The maximum Gasteiger partial charge on any atom is 0.264 e. The Morgan fingerprint density at radius 2 is 1.63 bits per heavy atom. The number of rotatable bonds is 9. The molecule has 0 radical (unpaired) electrons. The van der Waals surface area contributed by atoms with E-state index in [-0.39, 0.29) is 23.0 Å². The van der Waals surface area contributed by atoms with Crippen molar-refractivity contribution in [1.29, 1.82) is 0 Å². The van der Waals surface area contributed by atoms with Crippen LogP contribution < -0.4 is 19.1 Å². The Kier molecular flexibility index (Phi) is 8.43. The molecular formula is C27H28ClN3O6S. The van der Waals surface area contributed by atoms with Crippen LogP contribution in [-0.2, 0) is 26.2 Å². The third-order valence-electron chi connectivity index (χ3n) is 6.10. The fourth-order valence-corrected chi connectivity index (χ4v) is 5.57. The summed E-state index contributed by atoms with van der Waals surface area (Å²) in [6.45, 7) is 1.82. The number of benzene rings is 3. The number of likely N-dealkylation sites (N-methyl/N-ethyl adjacent to an activating group) is 1. The van der Waals surface area contributed by atoms with Crippen molar-refractivity contribution >= 4 is 39.1 Å². The van der Waals surface area contributed by atoms with Gasteiger partial charge in [0.15, 0.2) is 11.5 Å². The van der Waals surface area contributed by atoms with Crippen molar-refractivity contribution in [3.8, 4) is 11.5 Å². The summed E-state index contributed by atoms with van der Waals surface area (Å²) in [5.41, 5.74) is 0.959. The molecular weight excluding hydrogens is 530 g/mol. The van der Waals surface area contributed by atoms with E-state index in [2.05, 4.69) is 5.32 Å². The largest absolute Gasteiger partial charge is 0.486 e. The summed E-state index contributed by atoms with van der Waals surface area (Å²) in [5, 5.41) is 3.09. The number of nitrogens with one attached hydrogen (secondary N) is 1. The number of halogens is 1. The highest BCUT2D eigenvalue weighted by molar-refractivity contribution is 7.92. The summed E-state index contributed by atoms with van der Waals surface area (Å²) in [5.74, 6) is -0.0817. The second-order valence-electron chi connectivity index (χ2n) is 8.59. The van der Waals surface area contributed by atoms with Crippen molar-refractivity contribution in [3.05, 3.63) is 83.4 Å². The van der Waals surface area contributed by atoms with E-state index < -0.39 is 28.5 Å². The molecule has 0 saturated heterocycles. The molecule has 0 aromatic heterocycles. The van der Waals surface area contributed by atoms with Crippen LogP contribution in [0.4, 0.5) is 5.69 Å². The topological polar surface area (TPSA) is 105 Å². The summed E-state index contributed by atoms with van der Waals surface area (Å²) in [7, 11) is -2.69. The Morgan fingerprint density at radius 3 is 2.29 bits per heavy atom. The van der Waals surface area contributed by atoms with Gasteiger partial charge in [-0.2, -0.15) is 0 Å². The third-order valence-corrected chi connectivity index (χ3v) is 8.14. The Balaban J connectivity index is 1.73. The molecule has 2 amide bonds. The molecule has 1 unspecified atom stereocenters. The zero-order chi connectivity index (χ0) is 27.3. The lowest BCUT2D eigenvalue weighted by Gasteiger charge is -2.32. The first-order valence-electron chi connectivity index (χ1n) is 11.9. The molecule has 38 heavy (non-hydrogen) atoms. The van der Waals surface area contributed by atoms with E-state index in [1.165, 1.54) is 30.1 Å². The number of carbonyl (C=O) groups is 2. The molecule has 1 aliphatic rings. The van der Waals surface area contributed by atoms with Gasteiger partial charge in [-0.25, -0.2) is 8.42 Å². The van der Waals surface area contributed by atoms with Crippen LogP contribution in [0.15, 0.2) is 77.7 Å². The van der Waals surface area contributed by atoms with E-state index in [0.29, 0.717) is 29.7 Å². The minimum atomic E-state index is -4.17. The number of ether oxygens (including phenoxy) is 2. The average molecular weight is 558 g/mol. The lowest BCUT2D eigenvalue weighted by Crippen LogP contribution is -2.50. The van der Waals surface area contributed by atoms with Crippen molar-refractivity contribution in [2.75, 3.05) is 31.1 Å². The van der Waals surface area contributed by atoms with Crippen molar-refractivity contribution in [2.45, 2.75) is 24.4 Å². The zero-order valence-electron chi connectivity index (χ0n) is 21.0. The first kappa shape index (κ1) is 27.3. The molecule has 4 rings (SSSR count). The fraction of sp³-hybridized carbons (Fsp3) is 0.259. The summed E-state index contributed by atoms with van der Waals surface area (Å²) in [6, 6.07) is 18.6. The molecule has 3 aromatic rings. The molecule has 0 fully saturated rings. The van der Waals surface area contributed by atoms with E-state index in [1.54, 1.807) is 61.5 Å². The number of nitrogens with zero attached hydrogens (tertiary/aromatic N) is 2. The fourth-order valence-electron chi connectivity index (χ4n) is 4.01. The van der Waals surface area contributed by atoms with Crippen LogP contribution in [0.25, 0.3) is 0 Å². The third kappa shape index (κ3) is 6.03. The van der Waals surface area contributed by atoms with Crippen LogP contribution in [0.2, 0.25) is 5.02 Å². The standard InChI is InChI=1S/C27H28ClN3O6S/c1-19(27(33)29-2)30(17-20-8-10-21(28)11-9-20)26(32)18-31(38(34,35)23-6-4-3-5-7-23)22-12-13-24-25(16-22)37-15-14-36-24/h3-13,16,19H,14-15,17-18H2,1-2H3,(H,29,33). The monoisotopic (exact) mass is 557 g/mol. The number of anilines is 1. The predicted molar refractivity (Wildman–Crippen MR) is 144 cm³/mol. The summed E-state index contributed by atoms with van der Waals surface area (Å²) >= 11 is 6.00. The van der Waals surface area contributed by atoms with Crippen molar-refractivity contribution < 1.29 is 27.5 Å². The quantitative estimate of drug-likeness (QED) is 0.432. The molecule has 0 saturated carbocycles. The SMILES string of the molecule is CNC(=O)C(C)N(Cc1ccc(Cl)cc1)C(=O)CN(c1ccc2c(c1)OCCO2)S(=O)(=O)c1ccccc1. The number of amides is 2. The van der Waals surface area contributed by atoms with E-state index in [4.69, 9.17) is 21.1 Å². The molecule has 0 spiro atoms. The molecule has 1 atom stereocenters. The number of hydrogen-bond acceptors (Lipinski definition) is 6. The van der Waals surface area contributed by atoms with Gasteiger partial charge in [-0.05, 0) is 48.9 Å². The lowest BCUT2D eigenvalue weighted by atomic mass is 10.1. The lowest BCUT2D eigenvalue weighted by molar-refractivity contribution is -0.139. The van der Waals surface area contributed by atoms with Crippen LogP contribution in [0, 0.1) is 0 Å². The van der Waals surface area contributed by atoms with Crippen molar-refractivity contribution in [2.24, 2.45) is 0 Å². The number of carbonyl (C=O) groups excluding carboxylic acids is 2. The van der Waals surface area contributed by atoms with Crippen molar-refractivity contribution in [1.82, 2.24) is 10.2 Å². The first-order chi connectivity index (χ1) is 18.2. The molecule has 0 aliphatic carbocycles. The molecule has 9 nitrogen and oxygen atoms in total. The Labute approximate surface area is 227 Å². The van der Waals surface area contributed by atoms with Gasteiger partial charge in [0.2, 0.25) is 11.8 Å². The van der Waals surface area contributed by atoms with Gasteiger partial charge in [0.05, 0.1) is 10.6 Å². The zero-order valence-corrected chi connectivity index (χ0v) is 22.5. The second-order valence-corrected chi connectivity index (χ2v) is 10.9. The van der Waals surface area contributed by atoms with Crippen LogP contribution >= 0.6 is 11.6 Å². The van der Waals surface area contributed by atoms with Crippen LogP contribution in [-0.4, -0.2) is 58.0 Å². The maximum absolute atomic E-state index is 13.8. The molecule has 0 bridgehead atoms. The Morgan fingerprint density at radius 1 is 0.974 bits per heavy atom. The predicted octanol–water partition coefficient (Wildman–Crippen LogP) is 3.47. The highest BCUT2D eigenvalue weighted by Gasteiger charge is 2.33. The van der Waals surface area contributed by atoms with Gasteiger partial charge in [-0.15, -0.1) is 0 Å². The molecule has 11 heteroatoms. The first-order valence-corrected chi connectivity index (χ1v) is 13.8. The van der Waals surface area contributed by atoms with E-state index in [9.17, 15) is 18.0 Å². The summed E-state index contributed by atoms with van der Waals surface area (Å²) in [4.78, 5) is 27.7. The smallest absolute Gasteiger partial charge is 0.264 e. The van der Waals surface area contributed by atoms with E-state index in [1.807, 2.05) is 0 Å². The normalized spacial score (nSPS) is 13.3. The van der Waals surface area contributed by atoms with Crippen LogP contribution in [0.1, 0.15) is 12.5 Å². The molecule has 1 heterocycles. The van der Waals surface area contributed by atoms with E-state index >= 15 is 0 Å².